The van der Waals surface area contributed by atoms with Crippen molar-refractivity contribution in [3.63, 3.8) is 0 Å². The van der Waals surface area contributed by atoms with Gasteiger partial charge in [-0.15, -0.1) is 0 Å². The molecule has 6 nitrogen and oxygen atoms in total. The summed E-state index contributed by atoms with van der Waals surface area (Å²) in [6.07, 6.45) is -1.50. The van der Waals surface area contributed by atoms with Gasteiger partial charge in [-0.1, -0.05) is 30.3 Å². The predicted octanol–water partition coefficient (Wildman–Crippen LogP) is 2.72. The Labute approximate surface area is 136 Å². The normalized spacial score (nSPS) is 12.2. The first-order valence-corrected chi connectivity index (χ1v) is 7.44. The van der Waals surface area contributed by atoms with Crippen LogP contribution in [0, 0.1) is 0 Å². The third-order valence-electron chi connectivity index (χ3n) is 2.73. The summed E-state index contributed by atoms with van der Waals surface area (Å²) in [6.45, 7) is 6.85. The maximum absolute atomic E-state index is 12.1. The second-order valence-electron chi connectivity index (χ2n) is 6.04. The Balaban J connectivity index is 2.34. The number of nitrogens with one attached hydrogen (secondary N) is 1. The minimum absolute atomic E-state index is 0.0361. The van der Waals surface area contributed by atoms with Gasteiger partial charge in [0, 0.05) is 12.1 Å². The minimum Gasteiger partial charge on any atom is -0.454 e. The molecule has 0 aliphatic heterocycles. The fraction of sp³-hybridized carbons (Fsp3) is 0.471. The van der Waals surface area contributed by atoms with E-state index in [1.54, 1.807) is 51.1 Å². The van der Waals surface area contributed by atoms with Gasteiger partial charge in [0.05, 0.1) is 6.42 Å². The van der Waals surface area contributed by atoms with E-state index in [0.717, 1.165) is 0 Å². The first-order chi connectivity index (χ1) is 10.7. The summed E-state index contributed by atoms with van der Waals surface area (Å²) in [5.41, 5.74) is -0.110. The molecule has 0 heterocycles. The molecule has 0 aliphatic rings. The van der Waals surface area contributed by atoms with Gasteiger partial charge in [0.1, 0.15) is 5.60 Å². The lowest BCUT2D eigenvalue weighted by atomic mass is 10.1. The fourth-order valence-electron chi connectivity index (χ4n) is 1.73. The Morgan fingerprint density at radius 1 is 1.13 bits per heavy atom. The zero-order valence-electron chi connectivity index (χ0n) is 13.9. The molecule has 0 radical (unpaired) electrons. The number of ether oxygens (including phenoxy) is 2. The molecule has 0 aliphatic carbocycles. The molecular weight excluding hydrogens is 298 g/mol. The number of esters is 1. The smallest absolute Gasteiger partial charge is 0.407 e. The van der Waals surface area contributed by atoms with Gasteiger partial charge in [0.2, 0.25) is 5.78 Å². The topological polar surface area (TPSA) is 81.7 Å². The number of Topliss-reactive ketones (excluding diaryl/α,β-unsaturated/α-hetero) is 1. The SMILES string of the molecule is C[C@@H](OC(=O)CCNC(=O)OC(C)(C)C)C(=O)c1ccccc1. The summed E-state index contributed by atoms with van der Waals surface area (Å²) in [4.78, 5) is 35.2. The van der Waals surface area contributed by atoms with E-state index >= 15 is 0 Å². The average Bonchev–Trinajstić information content (AvgIpc) is 2.45. The Morgan fingerprint density at radius 2 is 1.74 bits per heavy atom. The molecule has 1 aromatic carbocycles. The van der Waals surface area contributed by atoms with Gasteiger partial charge < -0.3 is 14.8 Å². The van der Waals surface area contributed by atoms with Gasteiger partial charge in [0.25, 0.3) is 0 Å². The standard InChI is InChI=1S/C17H23NO5/c1-12(15(20)13-8-6-5-7-9-13)22-14(19)10-11-18-16(21)23-17(2,3)4/h5-9,12H,10-11H2,1-4H3,(H,18,21)/t12-/m1/s1. The van der Waals surface area contributed by atoms with Crippen LogP contribution in [0.3, 0.4) is 0 Å². The molecule has 1 N–H and O–H groups in total. The summed E-state index contributed by atoms with van der Waals surface area (Å²) in [6, 6.07) is 8.61. The summed E-state index contributed by atoms with van der Waals surface area (Å²) in [5.74, 6) is -0.822. The molecule has 6 heteroatoms. The van der Waals surface area contributed by atoms with E-state index in [9.17, 15) is 14.4 Å². The molecule has 0 spiro atoms. The van der Waals surface area contributed by atoms with E-state index in [1.807, 2.05) is 0 Å². The molecular formula is C17H23NO5. The van der Waals surface area contributed by atoms with E-state index in [-0.39, 0.29) is 18.7 Å². The van der Waals surface area contributed by atoms with Crippen LogP contribution < -0.4 is 5.32 Å². The number of hydrogen-bond donors (Lipinski definition) is 1. The van der Waals surface area contributed by atoms with Crippen LogP contribution in [0.5, 0.6) is 0 Å². The number of alkyl carbamates (subject to hydrolysis) is 1. The highest BCUT2D eigenvalue weighted by atomic mass is 16.6. The zero-order chi connectivity index (χ0) is 17.5. The lowest BCUT2D eigenvalue weighted by molar-refractivity contribution is -0.146. The number of benzene rings is 1. The molecule has 0 aromatic heterocycles. The van der Waals surface area contributed by atoms with Crippen LogP contribution >= 0.6 is 0 Å². The molecule has 1 rings (SSSR count). The van der Waals surface area contributed by atoms with Crippen molar-refractivity contribution in [1.29, 1.82) is 0 Å². The molecule has 126 valence electrons. The van der Waals surface area contributed by atoms with Gasteiger partial charge >= 0.3 is 12.1 Å². The van der Waals surface area contributed by atoms with E-state index in [1.165, 1.54) is 6.92 Å². The number of rotatable bonds is 6. The van der Waals surface area contributed by atoms with Crippen LogP contribution in [0.4, 0.5) is 4.79 Å². The monoisotopic (exact) mass is 321 g/mol. The van der Waals surface area contributed by atoms with Crippen molar-refractivity contribution in [3.8, 4) is 0 Å². The number of amides is 1. The van der Waals surface area contributed by atoms with Crippen LogP contribution in [0.1, 0.15) is 44.5 Å². The maximum atomic E-state index is 12.1. The number of hydrogen-bond acceptors (Lipinski definition) is 5. The van der Waals surface area contributed by atoms with Crippen molar-refractivity contribution >= 4 is 17.8 Å². The number of carbonyl (C=O) groups excluding carboxylic acids is 3. The summed E-state index contributed by atoms with van der Waals surface area (Å²) < 4.78 is 10.1. The largest absolute Gasteiger partial charge is 0.454 e. The van der Waals surface area contributed by atoms with Gasteiger partial charge in [-0.05, 0) is 27.7 Å². The van der Waals surface area contributed by atoms with E-state index in [0.29, 0.717) is 5.56 Å². The predicted molar refractivity (Wildman–Crippen MR) is 85.2 cm³/mol. The highest BCUT2D eigenvalue weighted by molar-refractivity contribution is 6.00. The van der Waals surface area contributed by atoms with Crippen molar-refractivity contribution in [2.24, 2.45) is 0 Å². The second-order valence-corrected chi connectivity index (χ2v) is 6.04. The lowest BCUT2D eigenvalue weighted by Gasteiger charge is -2.19. The van der Waals surface area contributed by atoms with Crippen LogP contribution in [-0.2, 0) is 14.3 Å². The van der Waals surface area contributed by atoms with E-state index < -0.39 is 23.8 Å². The summed E-state index contributed by atoms with van der Waals surface area (Å²) >= 11 is 0. The van der Waals surface area contributed by atoms with Gasteiger partial charge in [0.15, 0.2) is 6.10 Å². The molecule has 1 aromatic rings. The van der Waals surface area contributed by atoms with Crippen molar-refractivity contribution in [2.75, 3.05) is 6.54 Å². The molecule has 0 saturated heterocycles. The van der Waals surface area contributed by atoms with Crippen LogP contribution in [0.2, 0.25) is 0 Å². The second kappa shape index (κ2) is 8.31. The molecule has 0 fully saturated rings. The molecule has 0 unspecified atom stereocenters. The highest BCUT2D eigenvalue weighted by Gasteiger charge is 2.20. The number of ketones is 1. The lowest BCUT2D eigenvalue weighted by Crippen LogP contribution is -2.34. The Kier molecular flexibility index (Phi) is 6.75. The average molecular weight is 321 g/mol. The van der Waals surface area contributed by atoms with Crippen molar-refractivity contribution in [2.45, 2.75) is 45.8 Å². The van der Waals surface area contributed by atoms with Gasteiger partial charge in [-0.25, -0.2) is 4.79 Å². The summed E-state index contributed by atoms with van der Waals surface area (Å²) in [7, 11) is 0. The van der Waals surface area contributed by atoms with Crippen LogP contribution in [0.25, 0.3) is 0 Å². The maximum Gasteiger partial charge on any atom is 0.407 e. The third-order valence-corrected chi connectivity index (χ3v) is 2.73. The summed E-state index contributed by atoms with van der Waals surface area (Å²) in [5, 5.41) is 2.46. The highest BCUT2D eigenvalue weighted by Crippen LogP contribution is 2.08. The van der Waals surface area contributed by atoms with Gasteiger partial charge in [-0.2, -0.15) is 0 Å². The first kappa shape index (κ1) is 18.7. The van der Waals surface area contributed by atoms with Crippen LogP contribution in [-0.4, -0.2) is 36.1 Å². The first-order valence-electron chi connectivity index (χ1n) is 7.44. The Morgan fingerprint density at radius 3 is 2.30 bits per heavy atom. The van der Waals surface area contributed by atoms with Crippen molar-refractivity contribution < 1.29 is 23.9 Å². The molecule has 0 bridgehead atoms. The zero-order valence-corrected chi connectivity index (χ0v) is 13.9. The number of carbonyl (C=O) groups is 3. The third kappa shape index (κ3) is 7.44. The van der Waals surface area contributed by atoms with E-state index in [4.69, 9.17) is 9.47 Å². The Hall–Kier alpha value is -2.37. The molecule has 23 heavy (non-hydrogen) atoms. The molecule has 1 amide bonds. The van der Waals surface area contributed by atoms with Crippen molar-refractivity contribution in [3.05, 3.63) is 35.9 Å². The molecule has 0 saturated carbocycles. The van der Waals surface area contributed by atoms with E-state index in [2.05, 4.69) is 5.32 Å². The van der Waals surface area contributed by atoms with Crippen LogP contribution in [0.15, 0.2) is 30.3 Å². The van der Waals surface area contributed by atoms with Gasteiger partial charge in [-0.3, -0.25) is 9.59 Å². The fourth-order valence-corrected chi connectivity index (χ4v) is 1.73. The molecule has 1 atom stereocenters. The Bertz CT molecular complexity index is 548. The quantitative estimate of drug-likeness (QED) is 0.643. The minimum atomic E-state index is -0.869. The van der Waals surface area contributed by atoms with Crippen molar-refractivity contribution in [1.82, 2.24) is 5.32 Å².